The molecule has 5 rings (SSSR count). The first kappa shape index (κ1) is 24.7. The highest BCUT2D eigenvalue weighted by molar-refractivity contribution is 5.93. The first-order valence-electron chi connectivity index (χ1n) is 11.7. The maximum atomic E-state index is 11.1. The molecule has 2 atom stereocenters. The van der Waals surface area contributed by atoms with Gasteiger partial charge in [-0.3, -0.25) is 0 Å². The smallest absolute Gasteiger partial charge is 0.161 e. The molecule has 4 aromatic rings. The maximum absolute atomic E-state index is 11.1. The molecule has 0 amide bonds. The number of allylic oxidation sites excluding steroid dienone is 1. The average molecular weight is 515 g/mol. The van der Waals surface area contributed by atoms with Crippen LogP contribution in [0.15, 0.2) is 66.7 Å². The number of hydrogen-bond donors (Lipinski definition) is 6. The molecule has 1 aliphatic carbocycles. The average Bonchev–Trinajstić information content (AvgIpc) is 3.19. The minimum atomic E-state index is -0.565. The molecular formula is C30H26O8. The Hall–Kier alpha value is -4.98. The first-order chi connectivity index (χ1) is 18.2. The molecule has 1 aliphatic rings. The van der Waals surface area contributed by atoms with Gasteiger partial charge < -0.3 is 40.1 Å². The summed E-state index contributed by atoms with van der Waals surface area (Å²) in [7, 11) is 2.88. The van der Waals surface area contributed by atoms with Crippen molar-refractivity contribution in [3.63, 3.8) is 0 Å². The molecule has 6 N–H and O–H groups in total. The van der Waals surface area contributed by atoms with Crippen LogP contribution in [0, 0.1) is 0 Å². The highest BCUT2D eigenvalue weighted by Gasteiger charge is 2.41. The SMILES string of the molecule is COc1cc(/C=C2/c3cc(O)cc(O)c3[C@H](c3ccc(O)c(OC)c3)[C@@H]2c2cc(O)cc(O)c2)ccc1O. The molecule has 0 saturated carbocycles. The number of phenols is 6. The van der Waals surface area contributed by atoms with Crippen LogP contribution in [0.3, 0.4) is 0 Å². The Balaban J connectivity index is 1.84. The van der Waals surface area contributed by atoms with Gasteiger partial charge in [0.15, 0.2) is 23.0 Å². The van der Waals surface area contributed by atoms with Crippen molar-refractivity contribution in [1.82, 2.24) is 0 Å². The summed E-state index contributed by atoms with van der Waals surface area (Å²) in [6, 6.07) is 16.8. The second kappa shape index (κ2) is 9.48. The molecule has 0 fully saturated rings. The van der Waals surface area contributed by atoms with E-state index in [4.69, 9.17) is 9.47 Å². The number of rotatable bonds is 5. The van der Waals surface area contributed by atoms with Gasteiger partial charge in [0.1, 0.15) is 23.0 Å². The van der Waals surface area contributed by atoms with Gasteiger partial charge in [-0.15, -0.1) is 0 Å². The number of ether oxygens (including phenoxy) is 2. The number of phenolic OH excluding ortho intramolecular Hbond substituents is 6. The summed E-state index contributed by atoms with van der Waals surface area (Å²) in [6.45, 7) is 0. The normalized spacial score (nSPS) is 17.4. The van der Waals surface area contributed by atoms with Crippen LogP contribution >= 0.6 is 0 Å². The standard InChI is InChI=1S/C30H26O8/c1-37-26-8-15(3-5-23(26)34)7-21-22-13-20(33)14-25(36)30(22)29(16-4-6-24(35)27(11-16)38-2)28(21)17-9-18(31)12-19(32)10-17/h3-14,28-29,31-36H,1-2H3/b21-7-/t28-,29-/m1/s1. The summed E-state index contributed by atoms with van der Waals surface area (Å²) in [5.74, 6) is -1.27. The molecular weight excluding hydrogens is 488 g/mol. The lowest BCUT2D eigenvalue weighted by atomic mass is 9.79. The molecule has 0 saturated heterocycles. The van der Waals surface area contributed by atoms with E-state index in [1.54, 1.807) is 30.3 Å². The van der Waals surface area contributed by atoms with E-state index >= 15 is 0 Å². The van der Waals surface area contributed by atoms with Gasteiger partial charge in [0.05, 0.1) is 14.2 Å². The molecule has 8 heteroatoms. The molecule has 0 aromatic heterocycles. The number of aromatic hydroxyl groups is 6. The summed E-state index contributed by atoms with van der Waals surface area (Å²) in [5.41, 5.74) is 3.63. The largest absolute Gasteiger partial charge is 0.508 e. The number of hydrogen-bond acceptors (Lipinski definition) is 8. The second-order valence-electron chi connectivity index (χ2n) is 9.13. The summed E-state index contributed by atoms with van der Waals surface area (Å²) in [4.78, 5) is 0. The van der Waals surface area contributed by atoms with Gasteiger partial charge in [-0.05, 0) is 70.3 Å². The molecule has 0 spiro atoms. The predicted molar refractivity (Wildman–Crippen MR) is 141 cm³/mol. The van der Waals surface area contributed by atoms with Gasteiger partial charge in [0, 0.05) is 29.5 Å². The van der Waals surface area contributed by atoms with Gasteiger partial charge in [0.2, 0.25) is 0 Å². The third-order valence-electron chi connectivity index (χ3n) is 6.81. The van der Waals surface area contributed by atoms with Crippen LogP contribution in [0.25, 0.3) is 11.6 Å². The first-order valence-corrected chi connectivity index (χ1v) is 11.7. The third-order valence-corrected chi connectivity index (χ3v) is 6.81. The fourth-order valence-corrected chi connectivity index (χ4v) is 5.25. The molecule has 194 valence electrons. The summed E-state index contributed by atoms with van der Waals surface area (Å²) < 4.78 is 10.6. The van der Waals surface area contributed by atoms with Crippen molar-refractivity contribution < 1.29 is 40.1 Å². The van der Waals surface area contributed by atoms with E-state index in [0.717, 1.165) is 0 Å². The van der Waals surface area contributed by atoms with E-state index in [9.17, 15) is 30.6 Å². The quantitative estimate of drug-likeness (QED) is 0.208. The fourth-order valence-electron chi connectivity index (χ4n) is 5.25. The predicted octanol–water partition coefficient (Wildman–Crippen LogP) is 5.41. The zero-order valence-corrected chi connectivity index (χ0v) is 20.6. The summed E-state index contributed by atoms with van der Waals surface area (Å²) in [5, 5.41) is 62.5. The highest BCUT2D eigenvalue weighted by atomic mass is 16.5. The Bertz CT molecular complexity index is 1550. The minimum absolute atomic E-state index is 0.0275. The Morgan fingerprint density at radius 3 is 1.84 bits per heavy atom. The fraction of sp³-hybridized carbons (Fsp3) is 0.133. The van der Waals surface area contributed by atoms with E-state index in [2.05, 4.69) is 0 Å². The van der Waals surface area contributed by atoms with Crippen molar-refractivity contribution in [3.8, 4) is 46.0 Å². The van der Waals surface area contributed by atoms with Crippen molar-refractivity contribution in [2.24, 2.45) is 0 Å². The topological polar surface area (TPSA) is 140 Å². The molecule has 0 aliphatic heterocycles. The molecule has 0 bridgehead atoms. The Labute approximate surface area is 218 Å². The van der Waals surface area contributed by atoms with Crippen molar-refractivity contribution in [3.05, 3.63) is 94.5 Å². The van der Waals surface area contributed by atoms with Gasteiger partial charge in [-0.2, -0.15) is 0 Å². The van der Waals surface area contributed by atoms with Gasteiger partial charge in [-0.25, -0.2) is 0 Å². The van der Waals surface area contributed by atoms with Crippen LogP contribution < -0.4 is 9.47 Å². The summed E-state index contributed by atoms with van der Waals surface area (Å²) in [6.07, 6.45) is 1.84. The van der Waals surface area contributed by atoms with Crippen molar-refractivity contribution in [2.75, 3.05) is 14.2 Å². The van der Waals surface area contributed by atoms with E-state index in [1.165, 1.54) is 50.6 Å². The Morgan fingerprint density at radius 2 is 1.18 bits per heavy atom. The Kier molecular flexibility index (Phi) is 6.16. The number of methoxy groups -OCH3 is 2. The van der Waals surface area contributed by atoms with Crippen molar-refractivity contribution in [1.29, 1.82) is 0 Å². The van der Waals surface area contributed by atoms with Gasteiger partial charge in [-0.1, -0.05) is 18.2 Å². The monoisotopic (exact) mass is 514 g/mol. The third kappa shape index (κ3) is 4.26. The van der Waals surface area contributed by atoms with Crippen LogP contribution in [0.5, 0.6) is 46.0 Å². The van der Waals surface area contributed by atoms with E-state index in [1.807, 2.05) is 6.08 Å². The molecule has 4 aromatic carbocycles. The van der Waals surface area contributed by atoms with Gasteiger partial charge in [0.25, 0.3) is 0 Å². The molecule has 0 heterocycles. The molecule has 0 radical (unpaired) electrons. The second-order valence-corrected chi connectivity index (χ2v) is 9.13. The zero-order valence-electron chi connectivity index (χ0n) is 20.6. The number of benzene rings is 4. The van der Waals surface area contributed by atoms with Crippen LogP contribution in [0.1, 0.15) is 39.7 Å². The highest BCUT2D eigenvalue weighted by Crippen LogP contribution is 2.59. The van der Waals surface area contributed by atoms with Crippen molar-refractivity contribution in [2.45, 2.75) is 11.8 Å². The van der Waals surface area contributed by atoms with Crippen LogP contribution in [-0.4, -0.2) is 44.9 Å². The molecule has 38 heavy (non-hydrogen) atoms. The van der Waals surface area contributed by atoms with E-state index in [-0.39, 0.29) is 46.0 Å². The zero-order chi connectivity index (χ0) is 27.1. The lowest BCUT2D eigenvalue weighted by Gasteiger charge is -2.24. The molecule has 8 nitrogen and oxygen atoms in total. The Morgan fingerprint density at radius 1 is 0.579 bits per heavy atom. The minimum Gasteiger partial charge on any atom is -0.508 e. The maximum Gasteiger partial charge on any atom is 0.161 e. The van der Waals surface area contributed by atoms with Crippen LogP contribution in [-0.2, 0) is 0 Å². The number of fused-ring (bicyclic) bond motifs is 1. The van der Waals surface area contributed by atoms with Crippen LogP contribution in [0.4, 0.5) is 0 Å². The van der Waals surface area contributed by atoms with E-state index < -0.39 is 11.8 Å². The van der Waals surface area contributed by atoms with Crippen molar-refractivity contribution >= 4 is 11.6 Å². The lowest BCUT2D eigenvalue weighted by molar-refractivity contribution is 0.372. The molecule has 0 unspecified atom stereocenters. The van der Waals surface area contributed by atoms with Crippen LogP contribution in [0.2, 0.25) is 0 Å². The van der Waals surface area contributed by atoms with Gasteiger partial charge >= 0.3 is 0 Å². The lowest BCUT2D eigenvalue weighted by Crippen LogP contribution is -2.08. The van der Waals surface area contributed by atoms with E-state index in [0.29, 0.717) is 33.4 Å². The summed E-state index contributed by atoms with van der Waals surface area (Å²) >= 11 is 0.